The SMILES string of the molecule is O=C(O)c1ccc2cc(-c3ccc(F)cc3)ccc2c1N1CCCc2cc(Br)ccc21. The van der Waals surface area contributed by atoms with Crippen molar-refractivity contribution in [2.75, 3.05) is 11.4 Å². The molecule has 0 unspecified atom stereocenters. The molecule has 154 valence electrons. The van der Waals surface area contributed by atoms with Crippen LogP contribution in [-0.4, -0.2) is 17.6 Å². The summed E-state index contributed by atoms with van der Waals surface area (Å²) in [6.45, 7) is 0.758. The number of halogens is 2. The Hall–Kier alpha value is -3.18. The van der Waals surface area contributed by atoms with Gasteiger partial charge in [0.05, 0.1) is 11.3 Å². The number of benzene rings is 4. The van der Waals surface area contributed by atoms with Crippen molar-refractivity contribution in [2.24, 2.45) is 0 Å². The molecule has 0 saturated carbocycles. The van der Waals surface area contributed by atoms with Crippen LogP contribution < -0.4 is 4.90 Å². The zero-order valence-corrected chi connectivity index (χ0v) is 18.2. The van der Waals surface area contributed by atoms with E-state index in [1.807, 2.05) is 30.3 Å². The van der Waals surface area contributed by atoms with E-state index >= 15 is 0 Å². The minimum atomic E-state index is -0.941. The van der Waals surface area contributed by atoms with Gasteiger partial charge in [-0.15, -0.1) is 0 Å². The number of fused-ring (bicyclic) bond motifs is 2. The van der Waals surface area contributed by atoms with Crippen molar-refractivity contribution in [3.63, 3.8) is 0 Å². The second kappa shape index (κ2) is 7.82. The number of nitrogens with zero attached hydrogens (tertiary/aromatic N) is 1. The van der Waals surface area contributed by atoms with E-state index in [4.69, 9.17) is 0 Å². The third kappa shape index (κ3) is 3.59. The molecule has 5 heteroatoms. The van der Waals surface area contributed by atoms with Gasteiger partial charge in [0.25, 0.3) is 0 Å². The Bertz CT molecular complexity index is 1320. The van der Waals surface area contributed by atoms with Crippen molar-refractivity contribution in [1.82, 2.24) is 0 Å². The highest BCUT2D eigenvalue weighted by atomic mass is 79.9. The van der Waals surface area contributed by atoms with Gasteiger partial charge in [-0.05, 0) is 77.4 Å². The molecular weight excluding hydrogens is 457 g/mol. The van der Waals surface area contributed by atoms with Gasteiger partial charge in [-0.2, -0.15) is 0 Å². The number of carbonyl (C=O) groups is 1. The topological polar surface area (TPSA) is 40.5 Å². The molecule has 1 heterocycles. The van der Waals surface area contributed by atoms with Crippen LogP contribution in [0.4, 0.5) is 15.8 Å². The molecule has 3 nitrogen and oxygen atoms in total. The quantitative estimate of drug-likeness (QED) is 0.340. The van der Waals surface area contributed by atoms with Crippen molar-refractivity contribution in [1.29, 1.82) is 0 Å². The summed E-state index contributed by atoms with van der Waals surface area (Å²) in [6.07, 6.45) is 1.92. The molecule has 31 heavy (non-hydrogen) atoms. The van der Waals surface area contributed by atoms with Gasteiger partial charge in [-0.3, -0.25) is 0 Å². The predicted octanol–water partition coefficient (Wildman–Crippen LogP) is 7.19. The summed E-state index contributed by atoms with van der Waals surface area (Å²) < 4.78 is 14.3. The van der Waals surface area contributed by atoms with Crippen LogP contribution in [0.1, 0.15) is 22.3 Å². The van der Waals surface area contributed by atoms with Crippen LogP contribution in [0, 0.1) is 5.82 Å². The van der Waals surface area contributed by atoms with E-state index in [2.05, 4.69) is 33.0 Å². The standard InChI is InChI=1S/C26H19BrFNO2/c27-20-7-12-24-19(15-20)2-1-13-29(24)25-22-10-5-17(16-3-8-21(28)9-4-16)14-18(22)6-11-23(25)26(30)31/h3-12,14-15H,1-2,13H2,(H,30,31). The average molecular weight is 476 g/mol. The van der Waals surface area contributed by atoms with Gasteiger partial charge >= 0.3 is 5.97 Å². The Morgan fingerprint density at radius 3 is 2.48 bits per heavy atom. The summed E-state index contributed by atoms with van der Waals surface area (Å²) >= 11 is 3.54. The van der Waals surface area contributed by atoms with Gasteiger partial charge in [0.2, 0.25) is 0 Å². The van der Waals surface area contributed by atoms with Crippen LogP contribution >= 0.6 is 15.9 Å². The summed E-state index contributed by atoms with van der Waals surface area (Å²) in [5.74, 6) is -1.21. The minimum absolute atomic E-state index is 0.270. The summed E-state index contributed by atoms with van der Waals surface area (Å²) in [5, 5.41) is 11.8. The Labute approximate surface area is 187 Å². The molecule has 0 aromatic heterocycles. The lowest BCUT2D eigenvalue weighted by atomic mass is 9.95. The van der Waals surface area contributed by atoms with Crippen LogP contribution in [0.5, 0.6) is 0 Å². The summed E-state index contributed by atoms with van der Waals surface area (Å²) in [7, 11) is 0. The van der Waals surface area contributed by atoms with Crippen LogP contribution in [0.25, 0.3) is 21.9 Å². The molecule has 0 spiro atoms. The Kier molecular flexibility index (Phi) is 4.98. The number of carboxylic acids is 1. The van der Waals surface area contributed by atoms with E-state index in [0.717, 1.165) is 57.1 Å². The van der Waals surface area contributed by atoms with Crippen LogP contribution in [-0.2, 0) is 6.42 Å². The highest BCUT2D eigenvalue weighted by molar-refractivity contribution is 9.10. The van der Waals surface area contributed by atoms with Crippen molar-refractivity contribution in [2.45, 2.75) is 12.8 Å². The number of rotatable bonds is 3. The first-order valence-electron chi connectivity index (χ1n) is 10.1. The van der Waals surface area contributed by atoms with Crippen molar-refractivity contribution in [3.05, 3.63) is 94.2 Å². The van der Waals surface area contributed by atoms with Crippen molar-refractivity contribution in [3.8, 4) is 11.1 Å². The first kappa shape index (κ1) is 19.8. The predicted molar refractivity (Wildman–Crippen MR) is 126 cm³/mol. The fraction of sp³-hybridized carbons (Fsp3) is 0.115. The fourth-order valence-corrected chi connectivity index (χ4v) is 4.81. The molecule has 0 saturated heterocycles. The molecule has 4 aromatic carbocycles. The van der Waals surface area contributed by atoms with Crippen molar-refractivity contribution >= 4 is 44.0 Å². The summed E-state index contributed by atoms with van der Waals surface area (Å²) in [5.41, 5.74) is 5.14. The molecular formula is C26H19BrFNO2. The Morgan fingerprint density at radius 1 is 0.935 bits per heavy atom. The van der Waals surface area contributed by atoms with E-state index in [0.29, 0.717) is 0 Å². The number of aryl methyl sites for hydroxylation is 1. The third-order valence-corrected chi connectivity index (χ3v) is 6.32. The molecule has 1 N–H and O–H groups in total. The smallest absolute Gasteiger partial charge is 0.337 e. The van der Waals surface area contributed by atoms with Crippen LogP contribution in [0.3, 0.4) is 0 Å². The first-order valence-corrected chi connectivity index (χ1v) is 10.9. The maximum absolute atomic E-state index is 13.3. The number of aromatic carboxylic acids is 1. The third-order valence-electron chi connectivity index (χ3n) is 5.83. The zero-order valence-electron chi connectivity index (χ0n) is 16.6. The maximum Gasteiger partial charge on any atom is 0.337 e. The monoisotopic (exact) mass is 475 g/mol. The normalized spacial score (nSPS) is 13.3. The van der Waals surface area contributed by atoms with Crippen LogP contribution in [0.15, 0.2) is 77.3 Å². The molecule has 5 rings (SSSR count). The summed E-state index contributed by atoms with van der Waals surface area (Å²) in [4.78, 5) is 14.3. The fourth-order valence-electron chi connectivity index (χ4n) is 4.40. The second-order valence-electron chi connectivity index (χ2n) is 7.74. The minimum Gasteiger partial charge on any atom is -0.478 e. The highest BCUT2D eigenvalue weighted by Gasteiger charge is 2.25. The molecule has 0 amide bonds. The molecule has 0 fully saturated rings. The van der Waals surface area contributed by atoms with Crippen LogP contribution in [0.2, 0.25) is 0 Å². The largest absolute Gasteiger partial charge is 0.478 e. The van der Waals surface area contributed by atoms with E-state index in [-0.39, 0.29) is 11.4 Å². The van der Waals surface area contributed by atoms with Crippen molar-refractivity contribution < 1.29 is 14.3 Å². The molecule has 0 aliphatic carbocycles. The van der Waals surface area contributed by atoms with E-state index < -0.39 is 5.97 Å². The Morgan fingerprint density at radius 2 is 1.71 bits per heavy atom. The first-order chi connectivity index (χ1) is 15.0. The summed E-state index contributed by atoms with van der Waals surface area (Å²) in [6, 6.07) is 22.1. The molecule has 0 bridgehead atoms. The maximum atomic E-state index is 13.3. The zero-order chi connectivity index (χ0) is 21.5. The van der Waals surface area contributed by atoms with E-state index in [1.54, 1.807) is 18.2 Å². The molecule has 0 radical (unpaired) electrons. The number of carboxylic acid groups (broad SMARTS) is 1. The van der Waals surface area contributed by atoms with E-state index in [9.17, 15) is 14.3 Å². The molecule has 1 aliphatic rings. The number of hydrogen-bond acceptors (Lipinski definition) is 2. The van der Waals surface area contributed by atoms with Gasteiger partial charge in [-0.1, -0.05) is 46.3 Å². The van der Waals surface area contributed by atoms with Gasteiger partial charge in [0.1, 0.15) is 5.82 Å². The average Bonchev–Trinajstić information content (AvgIpc) is 2.77. The van der Waals surface area contributed by atoms with Gasteiger partial charge in [0, 0.05) is 22.1 Å². The van der Waals surface area contributed by atoms with Gasteiger partial charge in [0.15, 0.2) is 0 Å². The highest BCUT2D eigenvalue weighted by Crippen LogP contribution is 2.41. The molecule has 4 aromatic rings. The van der Waals surface area contributed by atoms with E-state index in [1.165, 1.54) is 17.7 Å². The lowest BCUT2D eigenvalue weighted by Gasteiger charge is -2.33. The van der Waals surface area contributed by atoms with Gasteiger partial charge < -0.3 is 10.0 Å². The number of hydrogen-bond donors (Lipinski definition) is 1. The lowest BCUT2D eigenvalue weighted by molar-refractivity contribution is 0.0698. The Balaban J connectivity index is 1.71. The second-order valence-corrected chi connectivity index (χ2v) is 8.65. The molecule has 0 atom stereocenters. The van der Waals surface area contributed by atoms with Gasteiger partial charge in [-0.25, -0.2) is 9.18 Å². The number of anilines is 2. The lowest BCUT2D eigenvalue weighted by Crippen LogP contribution is -2.26. The molecule has 1 aliphatic heterocycles.